The zero-order chi connectivity index (χ0) is 31.3. The number of nitrogens with zero attached hydrogens (tertiary/aromatic N) is 3. The maximum absolute atomic E-state index is 13.7. The summed E-state index contributed by atoms with van der Waals surface area (Å²) in [5.41, 5.74) is 5.49. The number of aryl methyl sites for hydroxylation is 1. The second-order valence-electron chi connectivity index (χ2n) is 12.9. The number of hydrogen-bond donors (Lipinski definition) is 0. The largest absolute Gasteiger partial charge is 0.368 e. The summed E-state index contributed by atoms with van der Waals surface area (Å²) in [6, 6.07) is 7.27. The number of benzene rings is 1. The minimum absolute atomic E-state index is 0.126. The second kappa shape index (κ2) is 17.4. The maximum Gasteiger partial charge on any atom is 0.228 e. The van der Waals surface area contributed by atoms with Crippen LogP contribution in [0.15, 0.2) is 64.3 Å². The third-order valence-electron chi connectivity index (χ3n) is 8.21. The van der Waals surface area contributed by atoms with Crippen molar-refractivity contribution in [1.29, 1.82) is 0 Å². The van der Waals surface area contributed by atoms with Crippen LogP contribution in [0.25, 0.3) is 0 Å². The Morgan fingerprint density at radius 3 is 2.36 bits per heavy atom. The highest BCUT2D eigenvalue weighted by atomic mass is 19.1. The molecule has 0 unspecified atom stereocenters. The summed E-state index contributed by atoms with van der Waals surface area (Å²) >= 11 is 0. The molecule has 2 atom stereocenters. The van der Waals surface area contributed by atoms with Crippen LogP contribution < -0.4 is 0 Å². The number of rotatable bonds is 14. The van der Waals surface area contributed by atoms with Crippen molar-refractivity contribution in [3.8, 4) is 0 Å². The Kier molecular flexibility index (Phi) is 14.7. The van der Waals surface area contributed by atoms with Crippen molar-refractivity contribution in [3.05, 3.63) is 70.7 Å². The number of unbranched alkanes of at least 4 members (excludes halogenated alkanes) is 4. The summed E-state index contributed by atoms with van der Waals surface area (Å²) in [6.07, 6.45) is 15.3. The molecule has 0 bridgehead atoms. The molecule has 0 radical (unpaired) electrons. The molecule has 1 aliphatic rings. The molecule has 1 aromatic rings. The van der Waals surface area contributed by atoms with Gasteiger partial charge in [-0.2, -0.15) is 0 Å². The molecule has 234 valence electrons. The molecule has 0 saturated carbocycles. The van der Waals surface area contributed by atoms with Gasteiger partial charge in [0.2, 0.25) is 5.91 Å². The van der Waals surface area contributed by atoms with Gasteiger partial charge in [0.15, 0.2) is 0 Å². The number of amides is 1. The van der Waals surface area contributed by atoms with Gasteiger partial charge in [0.1, 0.15) is 5.82 Å². The lowest BCUT2D eigenvalue weighted by Crippen LogP contribution is -2.59. The molecule has 1 amide bonds. The van der Waals surface area contributed by atoms with Gasteiger partial charge in [0, 0.05) is 54.1 Å². The molecule has 1 fully saturated rings. The van der Waals surface area contributed by atoms with Crippen LogP contribution in [-0.2, 0) is 11.2 Å². The Hall–Kier alpha value is -2.69. The lowest BCUT2D eigenvalue weighted by Gasteiger charge is -2.47. The highest BCUT2D eigenvalue weighted by Gasteiger charge is 2.37. The monoisotopic (exact) mass is 579 g/mol. The average Bonchev–Trinajstić information content (AvgIpc) is 2.94. The summed E-state index contributed by atoms with van der Waals surface area (Å²) in [7, 11) is 0. The predicted octanol–water partition coefficient (Wildman–Crippen LogP) is 9.32. The average molecular weight is 580 g/mol. The topological polar surface area (TPSA) is 35.9 Å². The van der Waals surface area contributed by atoms with Gasteiger partial charge in [-0.3, -0.25) is 9.79 Å². The highest BCUT2D eigenvalue weighted by Crippen LogP contribution is 2.30. The van der Waals surface area contributed by atoms with Gasteiger partial charge in [-0.15, -0.1) is 0 Å². The van der Waals surface area contributed by atoms with Crippen molar-refractivity contribution in [2.75, 3.05) is 19.6 Å². The lowest BCUT2D eigenvalue weighted by molar-refractivity contribution is -0.145. The SMILES string of the molecule is C/C=C(/C=C/CCCCC)C(\C(CCCCc1cccc(F)c1)=NCC)=C(\C)N1C[C@@H](C)N(C(=O)C(C)(C)C)C[C@@H]1C. The number of hydrogen-bond acceptors (Lipinski definition) is 3. The fraction of sp³-hybridized carbons (Fsp3) is 0.622. The number of halogens is 1. The molecule has 4 nitrogen and oxygen atoms in total. The van der Waals surface area contributed by atoms with E-state index in [1.54, 1.807) is 12.1 Å². The van der Waals surface area contributed by atoms with Crippen molar-refractivity contribution < 1.29 is 9.18 Å². The van der Waals surface area contributed by atoms with E-state index in [1.807, 2.05) is 26.8 Å². The summed E-state index contributed by atoms with van der Waals surface area (Å²) in [6.45, 7) is 21.4. The van der Waals surface area contributed by atoms with E-state index in [9.17, 15) is 9.18 Å². The Balaban J connectivity index is 2.39. The summed E-state index contributed by atoms with van der Waals surface area (Å²) in [5.74, 6) is 0.0525. The van der Waals surface area contributed by atoms with Gasteiger partial charge in [-0.05, 0) is 96.4 Å². The van der Waals surface area contributed by atoms with Crippen LogP contribution in [-0.4, -0.2) is 53.1 Å². The van der Waals surface area contributed by atoms with Crippen LogP contribution in [0.2, 0.25) is 0 Å². The summed E-state index contributed by atoms with van der Waals surface area (Å²) in [4.78, 5) is 22.9. The Morgan fingerprint density at radius 1 is 1.05 bits per heavy atom. The number of aliphatic imine (C=N–C) groups is 1. The summed E-state index contributed by atoms with van der Waals surface area (Å²) in [5, 5.41) is 0. The highest BCUT2D eigenvalue weighted by molar-refractivity contribution is 6.05. The molecule has 0 N–H and O–H groups in total. The molecule has 5 heteroatoms. The van der Waals surface area contributed by atoms with Gasteiger partial charge >= 0.3 is 0 Å². The van der Waals surface area contributed by atoms with Crippen molar-refractivity contribution >= 4 is 11.6 Å². The van der Waals surface area contributed by atoms with Crippen LogP contribution in [0, 0.1) is 11.2 Å². The molecule has 1 aliphatic heterocycles. The Labute approximate surface area is 256 Å². The van der Waals surface area contributed by atoms with Crippen molar-refractivity contribution in [3.63, 3.8) is 0 Å². The van der Waals surface area contributed by atoms with E-state index in [-0.39, 0.29) is 29.2 Å². The molecule has 1 aromatic carbocycles. The molecule has 0 aromatic heterocycles. The first-order chi connectivity index (χ1) is 19.9. The van der Waals surface area contributed by atoms with Gasteiger partial charge in [0.05, 0.1) is 0 Å². The quantitative estimate of drug-likeness (QED) is 0.125. The van der Waals surface area contributed by atoms with E-state index in [0.29, 0.717) is 6.54 Å². The lowest BCUT2D eigenvalue weighted by atomic mass is 9.91. The summed E-state index contributed by atoms with van der Waals surface area (Å²) < 4.78 is 13.7. The molecule has 2 rings (SSSR count). The van der Waals surface area contributed by atoms with Crippen LogP contribution in [0.1, 0.15) is 113 Å². The minimum atomic E-state index is -0.390. The van der Waals surface area contributed by atoms with Crippen LogP contribution in [0.5, 0.6) is 0 Å². The predicted molar refractivity (Wildman–Crippen MR) is 178 cm³/mol. The van der Waals surface area contributed by atoms with Gasteiger partial charge < -0.3 is 9.80 Å². The Morgan fingerprint density at radius 2 is 1.74 bits per heavy atom. The fourth-order valence-electron chi connectivity index (χ4n) is 5.87. The molecule has 1 saturated heterocycles. The third-order valence-corrected chi connectivity index (χ3v) is 8.21. The maximum atomic E-state index is 13.7. The van der Waals surface area contributed by atoms with Crippen molar-refractivity contribution in [1.82, 2.24) is 9.80 Å². The normalized spacial score (nSPS) is 19.5. The fourth-order valence-corrected chi connectivity index (χ4v) is 5.87. The van der Waals surface area contributed by atoms with Crippen LogP contribution in [0.4, 0.5) is 4.39 Å². The standard InChI is InChI=1S/C37H58FN3O/c1-10-13-14-15-16-22-32(11-2)35(34(39-12-3)24-18-17-20-31-21-19-23-33(38)25-31)30(6)40-26-29(5)41(27-28(40)4)36(42)37(7,8)9/h11,16,19,21-23,25,28-29H,10,12-15,17-18,20,24,26-27H2,1-9H3/b22-16+,32-11-,35-30+,39-34?/t28-,29+/m0/s1. The van der Waals surface area contributed by atoms with E-state index in [0.717, 1.165) is 56.5 Å². The second-order valence-corrected chi connectivity index (χ2v) is 12.9. The third kappa shape index (κ3) is 10.5. The van der Waals surface area contributed by atoms with E-state index in [1.165, 1.54) is 42.2 Å². The van der Waals surface area contributed by atoms with Crippen molar-refractivity contribution in [2.45, 2.75) is 126 Å². The first-order valence-corrected chi connectivity index (χ1v) is 16.3. The van der Waals surface area contributed by atoms with Gasteiger partial charge in [-0.25, -0.2) is 4.39 Å². The van der Waals surface area contributed by atoms with Gasteiger partial charge in [-0.1, -0.05) is 70.9 Å². The van der Waals surface area contributed by atoms with E-state index in [4.69, 9.17) is 4.99 Å². The van der Waals surface area contributed by atoms with E-state index >= 15 is 0 Å². The molecule has 0 aliphatic carbocycles. The molecular formula is C37H58FN3O. The zero-order valence-corrected chi connectivity index (χ0v) is 28.1. The van der Waals surface area contributed by atoms with E-state index < -0.39 is 0 Å². The Bertz CT molecular complexity index is 1120. The molecular weight excluding hydrogens is 521 g/mol. The number of carbonyl (C=O) groups is 1. The number of allylic oxidation sites excluding steroid dienone is 6. The zero-order valence-electron chi connectivity index (χ0n) is 28.1. The van der Waals surface area contributed by atoms with Gasteiger partial charge in [0.25, 0.3) is 0 Å². The smallest absolute Gasteiger partial charge is 0.228 e. The number of piperazine rings is 1. The molecule has 0 spiro atoms. The van der Waals surface area contributed by atoms with E-state index in [2.05, 4.69) is 69.6 Å². The number of carbonyl (C=O) groups excluding carboxylic acids is 1. The first kappa shape index (κ1) is 35.5. The minimum Gasteiger partial charge on any atom is -0.368 e. The molecule has 42 heavy (non-hydrogen) atoms. The first-order valence-electron chi connectivity index (χ1n) is 16.3. The molecule has 1 heterocycles. The van der Waals surface area contributed by atoms with Crippen molar-refractivity contribution in [2.24, 2.45) is 10.4 Å². The van der Waals surface area contributed by atoms with Crippen LogP contribution in [0.3, 0.4) is 0 Å². The van der Waals surface area contributed by atoms with Crippen LogP contribution >= 0.6 is 0 Å².